The van der Waals surface area contributed by atoms with Gasteiger partial charge in [0.05, 0.1) is 13.7 Å². The second-order valence-corrected chi connectivity index (χ2v) is 6.47. The third-order valence-corrected chi connectivity index (χ3v) is 3.54. The smallest absolute Gasteiger partial charge is 0.410 e. The maximum absolute atomic E-state index is 13.7. The molecule has 0 bridgehead atoms. The summed E-state index contributed by atoms with van der Waals surface area (Å²) in [6, 6.07) is 2.39. The lowest BCUT2D eigenvalue weighted by Crippen LogP contribution is -2.36. The molecule has 0 aromatic heterocycles. The Hall–Kier alpha value is -1.82. The molecule has 0 aliphatic carbocycles. The van der Waals surface area contributed by atoms with E-state index in [1.54, 1.807) is 4.90 Å². The van der Waals surface area contributed by atoms with E-state index < -0.39 is 17.5 Å². The number of nitrogens with two attached hydrogens (primary N) is 1. The highest BCUT2D eigenvalue weighted by Gasteiger charge is 2.29. The molecule has 2 N–H and O–H groups in total. The molecule has 0 radical (unpaired) electrons. The van der Waals surface area contributed by atoms with Crippen LogP contribution in [0.5, 0.6) is 5.75 Å². The molecule has 1 aliphatic rings. The van der Waals surface area contributed by atoms with E-state index in [1.807, 2.05) is 20.8 Å². The first kappa shape index (κ1) is 16.5. The fourth-order valence-electron chi connectivity index (χ4n) is 2.52. The highest BCUT2D eigenvalue weighted by Crippen LogP contribution is 2.33. The lowest BCUT2D eigenvalue weighted by Gasteiger charge is -2.27. The highest BCUT2D eigenvalue weighted by atomic mass is 19.1. The van der Waals surface area contributed by atoms with Gasteiger partial charge in [0.25, 0.3) is 0 Å². The average molecular weight is 310 g/mol. The van der Waals surface area contributed by atoms with E-state index in [1.165, 1.54) is 19.2 Å². The molecule has 0 saturated heterocycles. The third-order valence-electron chi connectivity index (χ3n) is 3.54. The summed E-state index contributed by atoms with van der Waals surface area (Å²) in [6.45, 7) is 6.20. The van der Waals surface area contributed by atoms with Crippen molar-refractivity contribution in [2.45, 2.75) is 45.4 Å². The number of fused-ring (bicyclic) bond motifs is 1. The van der Waals surface area contributed by atoms with Crippen LogP contribution < -0.4 is 10.5 Å². The standard InChI is InChI=1S/C16H23FN2O3/c1-16(2,3)22-15(20)19-6-5-13(18)11-7-10(17)8-14(21-4)12(11)9-19/h7-8,13H,5-6,9,18H2,1-4H3/t13-/m1/s1. The van der Waals surface area contributed by atoms with Crippen LogP contribution in [0, 0.1) is 5.82 Å². The first-order valence-electron chi connectivity index (χ1n) is 7.31. The summed E-state index contributed by atoms with van der Waals surface area (Å²) < 4.78 is 24.3. The van der Waals surface area contributed by atoms with E-state index in [4.69, 9.17) is 15.2 Å². The number of hydrogen-bond donors (Lipinski definition) is 1. The topological polar surface area (TPSA) is 64.8 Å². The van der Waals surface area contributed by atoms with Crippen LogP contribution in [-0.4, -0.2) is 30.2 Å². The predicted octanol–water partition coefficient (Wildman–Crippen LogP) is 2.97. The molecular weight excluding hydrogens is 287 g/mol. The van der Waals surface area contributed by atoms with Crippen LogP contribution in [0.4, 0.5) is 9.18 Å². The Bertz CT molecular complexity index is 569. The molecule has 2 rings (SSSR count). The van der Waals surface area contributed by atoms with E-state index in [0.29, 0.717) is 30.8 Å². The van der Waals surface area contributed by atoms with Gasteiger partial charge in [-0.2, -0.15) is 0 Å². The molecule has 0 fully saturated rings. The van der Waals surface area contributed by atoms with Crippen LogP contribution >= 0.6 is 0 Å². The summed E-state index contributed by atoms with van der Waals surface area (Å²) in [5, 5.41) is 0. The maximum atomic E-state index is 13.7. The molecule has 6 heteroatoms. The van der Waals surface area contributed by atoms with Crippen molar-refractivity contribution in [2.75, 3.05) is 13.7 Å². The summed E-state index contributed by atoms with van der Waals surface area (Å²) in [5.41, 5.74) is 6.98. The van der Waals surface area contributed by atoms with Gasteiger partial charge in [-0.3, -0.25) is 0 Å². The predicted molar refractivity (Wildman–Crippen MR) is 81.1 cm³/mol. The Balaban J connectivity index is 2.33. The lowest BCUT2D eigenvalue weighted by molar-refractivity contribution is 0.0234. The van der Waals surface area contributed by atoms with Crippen molar-refractivity contribution in [3.8, 4) is 5.75 Å². The largest absolute Gasteiger partial charge is 0.496 e. The zero-order valence-electron chi connectivity index (χ0n) is 13.5. The van der Waals surface area contributed by atoms with E-state index >= 15 is 0 Å². The molecule has 1 aromatic carbocycles. The van der Waals surface area contributed by atoms with Crippen molar-refractivity contribution in [3.63, 3.8) is 0 Å². The van der Waals surface area contributed by atoms with Gasteiger partial charge in [0.1, 0.15) is 17.2 Å². The fourth-order valence-corrected chi connectivity index (χ4v) is 2.52. The molecule has 1 amide bonds. The van der Waals surface area contributed by atoms with E-state index in [2.05, 4.69) is 0 Å². The normalized spacial score (nSPS) is 18.5. The van der Waals surface area contributed by atoms with E-state index in [0.717, 1.165) is 5.56 Å². The monoisotopic (exact) mass is 310 g/mol. The second-order valence-electron chi connectivity index (χ2n) is 6.47. The zero-order valence-corrected chi connectivity index (χ0v) is 13.5. The van der Waals surface area contributed by atoms with Crippen molar-refractivity contribution in [3.05, 3.63) is 29.1 Å². The fraction of sp³-hybridized carbons (Fsp3) is 0.562. The molecule has 22 heavy (non-hydrogen) atoms. The highest BCUT2D eigenvalue weighted by molar-refractivity contribution is 5.68. The lowest BCUT2D eigenvalue weighted by atomic mass is 9.99. The van der Waals surface area contributed by atoms with Crippen molar-refractivity contribution in [1.29, 1.82) is 0 Å². The van der Waals surface area contributed by atoms with Gasteiger partial charge in [-0.1, -0.05) is 0 Å². The third kappa shape index (κ3) is 3.68. The molecule has 5 nitrogen and oxygen atoms in total. The van der Waals surface area contributed by atoms with Crippen LogP contribution in [0.3, 0.4) is 0 Å². The molecule has 1 aliphatic heterocycles. The van der Waals surface area contributed by atoms with Gasteiger partial charge in [0, 0.05) is 24.2 Å². The second kappa shape index (κ2) is 6.12. The number of carbonyl (C=O) groups excluding carboxylic acids is 1. The number of benzene rings is 1. The van der Waals surface area contributed by atoms with Crippen LogP contribution in [-0.2, 0) is 11.3 Å². The Morgan fingerprint density at radius 2 is 2.09 bits per heavy atom. The quantitative estimate of drug-likeness (QED) is 0.866. The van der Waals surface area contributed by atoms with Crippen LogP contribution in [0.25, 0.3) is 0 Å². The summed E-state index contributed by atoms with van der Waals surface area (Å²) >= 11 is 0. The van der Waals surface area contributed by atoms with Crippen LogP contribution in [0.2, 0.25) is 0 Å². The van der Waals surface area contributed by atoms with Gasteiger partial charge in [-0.25, -0.2) is 9.18 Å². The Morgan fingerprint density at radius 1 is 1.41 bits per heavy atom. The molecule has 0 saturated carbocycles. The number of ether oxygens (including phenoxy) is 2. The number of hydrogen-bond acceptors (Lipinski definition) is 4. The molecule has 1 aromatic rings. The Morgan fingerprint density at radius 3 is 2.68 bits per heavy atom. The van der Waals surface area contributed by atoms with Crippen molar-refractivity contribution >= 4 is 6.09 Å². The van der Waals surface area contributed by atoms with Crippen LogP contribution in [0.15, 0.2) is 12.1 Å². The molecule has 122 valence electrons. The van der Waals surface area contributed by atoms with Gasteiger partial charge in [-0.15, -0.1) is 0 Å². The van der Waals surface area contributed by atoms with E-state index in [9.17, 15) is 9.18 Å². The van der Waals surface area contributed by atoms with Crippen molar-refractivity contribution in [2.24, 2.45) is 5.73 Å². The molecule has 0 spiro atoms. The number of methoxy groups -OCH3 is 1. The summed E-state index contributed by atoms with van der Waals surface area (Å²) in [6.07, 6.45) is 0.137. The number of carbonyl (C=O) groups is 1. The minimum absolute atomic E-state index is 0.293. The summed E-state index contributed by atoms with van der Waals surface area (Å²) in [7, 11) is 1.48. The van der Waals surface area contributed by atoms with Gasteiger partial charge >= 0.3 is 6.09 Å². The minimum atomic E-state index is -0.568. The Labute approximate surface area is 130 Å². The average Bonchev–Trinajstić information content (AvgIpc) is 2.56. The number of rotatable bonds is 1. The molecule has 1 atom stereocenters. The number of halogens is 1. The van der Waals surface area contributed by atoms with Gasteiger partial charge in [0.2, 0.25) is 0 Å². The van der Waals surface area contributed by atoms with Gasteiger partial charge in [-0.05, 0) is 38.8 Å². The summed E-state index contributed by atoms with van der Waals surface area (Å²) in [5.74, 6) is 0.0117. The first-order chi connectivity index (χ1) is 10.2. The number of amides is 1. The van der Waals surface area contributed by atoms with Crippen molar-refractivity contribution < 1.29 is 18.7 Å². The van der Waals surface area contributed by atoms with Gasteiger partial charge < -0.3 is 20.1 Å². The molecular formula is C16H23FN2O3. The minimum Gasteiger partial charge on any atom is -0.496 e. The molecule has 1 heterocycles. The van der Waals surface area contributed by atoms with Crippen LogP contribution in [0.1, 0.15) is 44.4 Å². The van der Waals surface area contributed by atoms with Crippen molar-refractivity contribution in [1.82, 2.24) is 4.90 Å². The molecule has 0 unspecified atom stereocenters. The van der Waals surface area contributed by atoms with E-state index in [-0.39, 0.29) is 6.04 Å². The maximum Gasteiger partial charge on any atom is 0.410 e. The zero-order chi connectivity index (χ0) is 16.5. The summed E-state index contributed by atoms with van der Waals surface area (Å²) in [4.78, 5) is 13.9. The SMILES string of the molecule is COc1cc(F)cc2c1CN(C(=O)OC(C)(C)C)CC[C@H]2N. The van der Waals surface area contributed by atoms with Gasteiger partial charge in [0.15, 0.2) is 0 Å². The Kier molecular flexibility index (Phi) is 4.60. The first-order valence-corrected chi connectivity index (χ1v) is 7.31. The number of nitrogens with zero attached hydrogens (tertiary/aromatic N) is 1.